The van der Waals surface area contributed by atoms with Gasteiger partial charge in [-0.25, -0.2) is 4.79 Å². The van der Waals surface area contributed by atoms with Gasteiger partial charge in [0.1, 0.15) is 5.75 Å². The average Bonchev–Trinajstić information content (AvgIpc) is 2.98. The highest BCUT2D eigenvalue weighted by Gasteiger charge is 2.31. The van der Waals surface area contributed by atoms with Crippen LogP contribution in [-0.2, 0) is 4.79 Å². The van der Waals surface area contributed by atoms with E-state index in [0.717, 1.165) is 11.4 Å². The number of benzene rings is 2. The average molecular weight is 339 g/mol. The Hall–Kier alpha value is -3.02. The molecule has 1 saturated heterocycles. The van der Waals surface area contributed by atoms with E-state index < -0.39 is 0 Å². The van der Waals surface area contributed by atoms with Gasteiger partial charge in [0.15, 0.2) is 0 Å². The van der Waals surface area contributed by atoms with E-state index in [1.54, 1.807) is 29.2 Å². The molecule has 2 N–H and O–H groups in total. The van der Waals surface area contributed by atoms with Crippen molar-refractivity contribution in [3.05, 3.63) is 54.6 Å². The van der Waals surface area contributed by atoms with Crippen LogP contribution in [0.2, 0.25) is 0 Å². The third kappa shape index (κ3) is 4.29. The Morgan fingerprint density at radius 1 is 1.16 bits per heavy atom. The van der Waals surface area contributed by atoms with E-state index in [4.69, 9.17) is 4.74 Å². The number of para-hydroxylation sites is 1. The normalized spacial score (nSPS) is 16.6. The third-order valence-corrected chi connectivity index (χ3v) is 3.95. The van der Waals surface area contributed by atoms with Crippen molar-refractivity contribution in [3.63, 3.8) is 0 Å². The van der Waals surface area contributed by atoms with Crippen LogP contribution in [-0.4, -0.2) is 31.1 Å². The third-order valence-electron chi connectivity index (χ3n) is 3.95. The molecule has 130 valence electrons. The molecule has 0 spiro atoms. The molecule has 2 aromatic rings. The van der Waals surface area contributed by atoms with Gasteiger partial charge in [0.05, 0.1) is 12.6 Å². The molecule has 0 saturated carbocycles. The van der Waals surface area contributed by atoms with Crippen LogP contribution in [0.1, 0.15) is 13.3 Å². The molecular formula is C19H21N3O3. The minimum Gasteiger partial charge on any atom is -0.494 e. The predicted molar refractivity (Wildman–Crippen MR) is 97.0 cm³/mol. The van der Waals surface area contributed by atoms with Crippen LogP contribution in [0.15, 0.2) is 54.6 Å². The minimum absolute atomic E-state index is 0.0116. The standard InChI is InChI=1S/C19H21N3O3/c1-2-25-17-10-8-14(9-11-17)20-19(24)21-15-12-18(23)22(13-15)16-6-4-3-5-7-16/h3-11,15H,2,12-13H2,1H3,(H2,20,21,24). The highest BCUT2D eigenvalue weighted by molar-refractivity contribution is 5.97. The number of ether oxygens (including phenoxy) is 1. The predicted octanol–water partition coefficient (Wildman–Crippen LogP) is 3.01. The maximum absolute atomic E-state index is 12.2. The van der Waals surface area contributed by atoms with Gasteiger partial charge in [0.25, 0.3) is 0 Å². The maximum Gasteiger partial charge on any atom is 0.319 e. The molecule has 0 aliphatic carbocycles. The molecule has 1 aliphatic heterocycles. The van der Waals surface area contributed by atoms with E-state index in [1.807, 2.05) is 37.3 Å². The molecule has 1 atom stereocenters. The lowest BCUT2D eigenvalue weighted by atomic mass is 10.2. The second-order valence-electron chi connectivity index (χ2n) is 5.80. The number of nitrogens with one attached hydrogen (secondary N) is 2. The fraction of sp³-hybridized carbons (Fsp3) is 0.263. The summed E-state index contributed by atoms with van der Waals surface area (Å²) in [6.07, 6.45) is 0.297. The van der Waals surface area contributed by atoms with E-state index in [2.05, 4.69) is 10.6 Å². The van der Waals surface area contributed by atoms with E-state index in [9.17, 15) is 9.59 Å². The molecule has 0 radical (unpaired) electrons. The van der Waals surface area contributed by atoms with Crippen molar-refractivity contribution in [1.29, 1.82) is 0 Å². The van der Waals surface area contributed by atoms with Gasteiger partial charge in [0.2, 0.25) is 5.91 Å². The molecule has 25 heavy (non-hydrogen) atoms. The molecule has 6 nitrogen and oxygen atoms in total. The largest absolute Gasteiger partial charge is 0.494 e. The Morgan fingerprint density at radius 2 is 1.88 bits per heavy atom. The number of carbonyl (C=O) groups excluding carboxylic acids is 2. The van der Waals surface area contributed by atoms with Gasteiger partial charge in [-0.1, -0.05) is 18.2 Å². The fourth-order valence-electron chi connectivity index (χ4n) is 2.82. The number of urea groups is 1. The van der Waals surface area contributed by atoms with Crippen molar-refractivity contribution in [2.75, 3.05) is 23.4 Å². The maximum atomic E-state index is 12.2. The molecule has 1 unspecified atom stereocenters. The molecular weight excluding hydrogens is 318 g/mol. The van der Waals surface area contributed by atoms with Crippen LogP contribution in [0.5, 0.6) is 5.75 Å². The molecule has 6 heteroatoms. The highest BCUT2D eigenvalue weighted by atomic mass is 16.5. The first-order chi connectivity index (χ1) is 12.2. The van der Waals surface area contributed by atoms with Crippen molar-refractivity contribution in [2.45, 2.75) is 19.4 Å². The lowest BCUT2D eigenvalue weighted by Crippen LogP contribution is -2.39. The number of anilines is 2. The van der Waals surface area contributed by atoms with Crippen molar-refractivity contribution < 1.29 is 14.3 Å². The summed E-state index contributed by atoms with van der Waals surface area (Å²) in [6.45, 7) is 2.99. The van der Waals surface area contributed by atoms with Crippen LogP contribution in [0.4, 0.5) is 16.2 Å². The molecule has 3 amide bonds. The van der Waals surface area contributed by atoms with Crippen LogP contribution in [0.25, 0.3) is 0 Å². The lowest BCUT2D eigenvalue weighted by Gasteiger charge is -2.17. The van der Waals surface area contributed by atoms with Gasteiger partial charge in [-0.2, -0.15) is 0 Å². The Bertz CT molecular complexity index is 731. The number of rotatable bonds is 5. The van der Waals surface area contributed by atoms with Gasteiger partial charge < -0.3 is 20.3 Å². The summed E-state index contributed by atoms with van der Waals surface area (Å²) >= 11 is 0. The first-order valence-electron chi connectivity index (χ1n) is 8.31. The van der Waals surface area contributed by atoms with Crippen molar-refractivity contribution in [3.8, 4) is 5.75 Å². The van der Waals surface area contributed by atoms with Gasteiger partial charge >= 0.3 is 6.03 Å². The smallest absolute Gasteiger partial charge is 0.319 e. The second kappa shape index (κ2) is 7.70. The van der Waals surface area contributed by atoms with Crippen molar-refractivity contribution >= 4 is 23.3 Å². The number of nitrogens with zero attached hydrogens (tertiary/aromatic N) is 1. The second-order valence-corrected chi connectivity index (χ2v) is 5.80. The lowest BCUT2D eigenvalue weighted by molar-refractivity contribution is -0.117. The molecule has 1 aliphatic rings. The summed E-state index contributed by atoms with van der Waals surface area (Å²) in [5.74, 6) is 0.769. The number of amides is 3. The number of carbonyl (C=O) groups is 2. The first-order valence-corrected chi connectivity index (χ1v) is 8.31. The highest BCUT2D eigenvalue weighted by Crippen LogP contribution is 2.21. The van der Waals surface area contributed by atoms with E-state index in [1.165, 1.54) is 0 Å². The Morgan fingerprint density at radius 3 is 2.56 bits per heavy atom. The first kappa shape index (κ1) is 16.8. The van der Waals surface area contributed by atoms with E-state index in [0.29, 0.717) is 25.3 Å². The molecule has 2 aromatic carbocycles. The summed E-state index contributed by atoms with van der Waals surface area (Å²) in [4.78, 5) is 26.0. The number of hydrogen-bond acceptors (Lipinski definition) is 3. The van der Waals surface area contributed by atoms with E-state index >= 15 is 0 Å². The summed E-state index contributed by atoms with van der Waals surface area (Å²) < 4.78 is 5.37. The minimum atomic E-state index is -0.322. The molecule has 3 rings (SSSR count). The quantitative estimate of drug-likeness (QED) is 0.880. The van der Waals surface area contributed by atoms with Crippen LogP contribution >= 0.6 is 0 Å². The van der Waals surface area contributed by atoms with Gasteiger partial charge in [-0.3, -0.25) is 4.79 Å². The zero-order chi connectivity index (χ0) is 17.6. The van der Waals surface area contributed by atoms with Gasteiger partial charge in [-0.15, -0.1) is 0 Å². The Labute approximate surface area is 146 Å². The summed E-state index contributed by atoms with van der Waals surface area (Å²) in [5, 5.41) is 5.63. The molecule has 0 aromatic heterocycles. The molecule has 1 fully saturated rings. The Balaban J connectivity index is 1.54. The zero-order valence-corrected chi connectivity index (χ0v) is 14.1. The van der Waals surface area contributed by atoms with Crippen LogP contribution in [0.3, 0.4) is 0 Å². The number of hydrogen-bond donors (Lipinski definition) is 2. The molecule has 0 bridgehead atoms. The fourth-order valence-corrected chi connectivity index (χ4v) is 2.82. The van der Waals surface area contributed by atoms with Crippen molar-refractivity contribution in [2.24, 2.45) is 0 Å². The van der Waals surface area contributed by atoms with E-state index in [-0.39, 0.29) is 18.0 Å². The van der Waals surface area contributed by atoms with Crippen LogP contribution in [0, 0.1) is 0 Å². The zero-order valence-electron chi connectivity index (χ0n) is 14.1. The summed E-state index contributed by atoms with van der Waals surface area (Å²) in [5.41, 5.74) is 1.52. The van der Waals surface area contributed by atoms with Crippen LogP contribution < -0.4 is 20.3 Å². The van der Waals surface area contributed by atoms with Crippen molar-refractivity contribution in [1.82, 2.24) is 5.32 Å². The molecule has 1 heterocycles. The Kier molecular flexibility index (Phi) is 5.18. The summed E-state index contributed by atoms with van der Waals surface area (Å²) in [7, 11) is 0. The SMILES string of the molecule is CCOc1ccc(NC(=O)NC2CC(=O)N(c3ccccc3)C2)cc1. The monoisotopic (exact) mass is 339 g/mol. The van der Waals surface area contributed by atoms with Gasteiger partial charge in [-0.05, 0) is 43.3 Å². The van der Waals surface area contributed by atoms with Gasteiger partial charge in [0, 0.05) is 24.3 Å². The summed E-state index contributed by atoms with van der Waals surface area (Å²) in [6, 6.07) is 16.1. The topological polar surface area (TPSA) is 70.7 Å².